The molecule has 0 bridgehead atoms. The number of benzene rings is 6. The van der Waals surface area contributed by atoms with Gasteiger partial charge < -0.3 is 10.2 Å². The van der Waals surface area contributed by atoms with Crippen molar-refractivity contribution in [3.05, 3.63) is 168 Å². The molecule has 0 saturated heterocycles. The zero-order chi connectivity index (χ0) is 26.4. The molecule has 186 valence electrons. The van der Waals surface area contributed by atoms with Gasteiger partial charge in [0.05, 0.1) is 5.41 Å². The molecule has 39 heavy (non-hydrogen) atoms. The van der Waals surface area contributed by atoms with Crippen molar-refractivity contribution in [2.75, 3.05) is 0 Å². The Balaban J connectivity index is 1.63. The smallest absolute Gasteiger partial charge is 0.120 e. The van der Waals surface area contributed by atoms with Crippen molar-refractivity contribution in [1.29, 1.82) is 0 Å². The molecule has 0 aliphatic heterocycles. The number of aromatic hydroxyl groups is 2. The predicted octanol–water partition coefficient (Wildman–Crippen LogP) is 8.79. The number of fused-ring (bicyclic) bond motifs is 3. The van der Waals surface area contributed by atoms with E-state index in [4.69, 9.17) is 0 Å². The van der Waals surface area contributed by atoms with Crippen LogP contribution in [0.15, 0.2) is 146 Å². The van der Waals surface area contributed by atoms with Crippen LogP contribution in [0.4, 0.5) is 0 Å². The van der Waals surface area contributed by atoms with E-state index in [1.807, 2.05) is 72.8 Å². The summed E-state index contributed by atoms with van der Waals surface area (Å²) in [4.78, 5) is 0. The summed E-state index contributed by atoms with van der Waals surface area (Å²) < 4.78 is 0. The second kappa shape index (κ2) is 9.04. The van der Waals surface area contributed by atoms with Crippen LogP contribution >= 0.6 is 0 Å². The van der Waals surface area contributed by atoms with Gasteiger partial charge in [0.25, 0.3) is 0 Å². The van der Waals surface area contributed by atoms with E-state index < -0.39 is 5.41 Å². The van der Waals surface area contributed by atoms with Gasteiger partial charge >= 0.3 is 0 Å². The number of phenols is 2. The summed E-state index contributed by atoms with van der Waals surface area (Å²) in [5, 5.41) is 22.9. The first kappa shape index (κ1) is 23.1. The van der Waals surface area contributed by atoms with Gasteiger partial charge in [-0.15, -0.1) is 0 Å². The molecule has 0 amide bonds. The minimum Gasteiger partial charge on any atom is -0.508 e. The molecule has 7 rings (SSSR count). The zero-order valence-electron chi connectivity index (χ0n) is 21.3. The van der Waals surface area contributed by atoms with Crippen LogP contribution in [0.1, 0.15) is 22.3 Å². The first-order valence-electron chi connectivity index (χ1n) is 13.1. The summed E-state index contributed by atoms with van der Waals surface area (Å²) in [6.45, 7) is 0. The molecule has 2 nitrogen and oxygen atoms in total. The number of hydrogen-bond donors (Lipinski definition) is 2. The van der Waals surface area contributed by atoms with Crippen molar-refractivity contribution in [3.8, 4) is 44.9 Å². The molecule has 0 radical (unpaired) electrons. The van der Waals surface area contributed by atoms with Gasteiger partial charge in [-0.1, -0.05) is 121 Å². The first-order chi connectivity index (χ1) is 19.2. The van der Waals surface area contributed by atoms with Crippen LogP contribution in [0.2, 0.25) is 0 Å². The Kier molecular flexibility index (Phi) is 5.35. The molecule has 6 aromatic carbocycles. The Morgan fingerprint density at radius 3 is 1.13 bits per heavy atom. The van der Waals surface area contributed by atoms with Crippen LogP contribution in [0.3, 0.4) is 0 Å². The van der Waals surface area contributed by atoms with Crippen molar-refractivity contribution in [3.63, 3.8) is 0 Å². The highest BCUT2D eigenvalue weighted by Gasteiger charge is 2.49. The molecule has 2 N–H and O–H groups in total. The highest BCUT2D eigenvalue weighted by atomic mass is 16.3. The molecule has 0 unspecified atom stereocenters. The van der Waals surface area contributed by atoms with Gasteiger partial charge in [-0.25, -0.2) is 0 Å². The summed E-state index contributed by atoms with van der Waals surface area (Å²) in [6, 6.07) is 48.8. The molecule has 2 heteroatoms. The maximum absolute atomic E-state index is 11.4. The van der Waals surface area contributed by atoms with Crippen molar-refractivity contribution in [2.45, 2.75) is 5.41 Å². The standard InChI is InChI=1S/C37H26O2/c38-35-17-9-7-15-31(35)37(32-16-8-10-18-36(32)39)33-23-27(25-11-3-1-4-12-25)19-21-29(33)30-22-20-28(24-34(30)37)26-13-5-2-6-14-26/h1-24,38-39H. The number of phenolic OH excluding ortho intramolecular Hbond substituents is 2. The molecule has 0 fully saturated rings. The Bertz CT molecular complexity index is 1680. The Hall–Kier alpha value is -5.08. The summed E-state index contributed by atoms with van der Waals surface area (Å²) >= 11 is 0. The number of rotatable bonds is 4. The van der Waals surface area contributed by atoms with E-state index in [1.54, 1.807) is 12.1 Å². The summed E-state index contributed by atoms with van der Waals surface area (Å²) in [5.41, 5.74) is 9.20. The average molecular weight is 503 g/mol. The maximum Gasteiger partial charge on any atom is 0.120 e. The van der Waals surface area contributed by atoms with Crippen molar-refractivity contribution in [1.82, 2.24) is 0 Å². The second-order valence-corrected chi connectivity index (χ2v) is 10.0. The Labute approximate surface area is 228 Å². The molecule has 0 aromatic heterocycles. The molecule has 0 spiro atoms. The van der Waals surface area contributed by atoms with E-state index >= 15 is 0 Å². The van der Waals surface area contributed by atoms with Crippen molar-refractivity contribution < 1.29 is 10.2 Å². The van der Waals surface area contributed by atoms with Gasteiger partial charge in [0.1, 0.15) is 11.5 Å². The van der Waals surface area contributed by atoms with Crippen LogP contribution < -0.4 is 0 Å². The minimum atomic E-state index is -0.934. The largest absolute Gasteiger partial charge is 0.508 e. The topological polar surface area (TPSA) is 40.5 Å². The minimum absolute atomic E-state index is 0.190. The third-order valence-corrected chi connectivity index (χ3v) is 7.97. The lowest BCUT2D eigenvalue weighted by atomic mass is 9.66. The van der Waals surface area contributed by atoms with E-state index in [-0.39, 0.29) is 11.5 Å². The van der Waals surface area contributed by atoms with Crippen LogP contribution in [0, 0.1) is 0 Å². The third-order valence-electron chi connectivity index (χ3n) is 7.97. The van der Waals surface area contributed by atoms with E-state index in [0.29, 0.717) is 0 Å². The van der Waals surface area contributed by atoms with Gasteiger partial charge in [-0.05, 0) is 68.8 Å². The zero-order valence-corrected chi connectivity index (χ0v) is 21.3. The SMILES string of the molecule is Oc1ccccc1C1(c2ccccc2O)c2cc(-c3ccccc3)ccc2-c2ccc(-c3ccccc3)cc21. The molecule has 0 heterocycles. The molecular weight excluding hydrogens is 476 g/mol. The molecule has 1 aliphatic carbocycles. The van der Waals surface area contributed by atoms with E-state index in [1.165, 1.54) is 0 Å². The van der Waals surface area contributed by atoms with Gasteiger partial charge in [-0.2, -0.15) is 0 Å². The van der Waals surface area contributed by atoms with E-state index in [0.717, 1.165) is 55.6 Å². The molecule has 1 aliphatic rings. The second-order valence-electron chi connectivity index (χ2n) is 10.0. The molecule has 0 atom stereocenters. The fourth-order valence-corrected chi connectivity index (χ4v) is 6.25. The normalized spacial score (nSPS) is 13.0. The fraction of sp³-hybridized carbons (Fsp3) is 0.0270. The summed E-state index contributed by atoms with van der Waals surface area (Å²) in [6.07, 6.45) is 0. The Morgan fingerprint density at radius 1 is 0.333 bits per heavy atom. The molecule has 6 aromatic rings. The van der Waals surface area contributed by atoms with Crippen molar-refractivity contribution >= 4 is 0 Å². The summed E-state index contributed by atoms with van der Waals surface area (Å²) in [7, 11) is 0. The van der Waals surface area contributed by atoms with Gasteiger partial charge in [0, 0.05) is 11.1 Å². The monoisotopic (exact) mass is 502 g/mol. The quantitative estimate of drug-likeness (QED) is 0.252. The third kappa shape index (κ3) is 3.49. The summed E-state index contributed by atoms with van der Waals surface area (Å²) in [5.74, 6) is 0.379. The molecular formula is C37H26O2. The highest BCUT2D eigenvalue weighted by Crippen LogP contribution is 2.60. The fourth-order valence-electron chi connectivity index (χ4n) is 6.25. The lowest BCUT2D eigenvalue weighted by Gasteiger charge is -2.35. The van der Waals surface area contributed by atoms with Crippen LogP contribution in [0.25, 0.3) is 33.4 Å². The average Bonchev–Trinajstić information content (AvgIpc) is 3.28. The van der Waals surface area contributed by atoms with E-state index in [2.05, 4.69) is 60.7 Å². The Morgan fingerprint density at radius 2 is 0.718 bits per heavy atom. The van der Waals surface area contributed by atoms with Gasteiger partial charge in [-0.3, -0.25) is 0 Å². The van der Waals surface area contributed by atoms with Crippen LogP contribution in [0.5, 0.6) is 11.5 Å². The van der Waals surface area contributed by atoms with Gasteiger partial charge in [0.2, 0.25) is 0 Å². The lowest BCUT2D eigenvalue weighted by molar-refractivity contribution is 0.448. The van der Waals surface area contributed by atoms with Gasteiger partial charge in [0.15, 0.2) is 0 Å². The van der Waals surface area contributed by atoms with Crippen LogP contribution in [-0.4, -0.2) is 10.2 Å². The van der Waals surface area contributed by atoms with Crippen molar-refractivity contribution in [2.24, 2.45) is 0 Å². The first-order valence-corrected chi connectivity index (χ1v) is 13.1. The predicted molar refractivity (Wildman–Crippen MR) is 158 cm³/mol. The highest BCUT2D eigenvalue weighted by molar-refractivity contribution is 5.91. The lowest BCUT2D eigenvalue weighted by Crippen LogP contribution is -2.29. The maximum atomic E-state index is 11.4. The molecule has 0 saturated carbocycles. The number of hydrogen-bond acceptors (Lipinski definition) is 2. The van der Waals surface area contributed by atoms with Crippen LogP contribution in [-0.2, 0) is 5.41 Å². The number of para-hydroxylation sites is 2. The van der Waals surface area contributed by atoms with E-state index in [9.17, 15) is 10.2 Å².